The average Bonchev–Trinajstić information content (AvgIpc) is 2.75. The molecule has 0 aliphatic carbocycles. The average molecular weight is 277 g/mol. The summed E-state index contributed by atoms with van der Waals surface area (Å²) in [6.45, 7) is 5.45. The number of nitrogen functional groups attached to an aromatic ring is 1. The molecule has 0 unspecified atom stereocenters. The van der Waals surface area contributed by atoms with Crippen LogP contribution in [0.5, 0.6) is 5.75 Å². The minimum atomic E-state index is 0.640. The van der Waals surface area contributed by atoms with Gasteiger partial charge in [-0.05, 0) is 19.9 Å². The third kappa shape index (κ3) is 4.13. The van der Waals surface area contributed by atoms with Gasteiger partial charge in [0.1, 0.15) is 5.75 Å². The Balaban J connectivity index is 1.91. The standard InChI is InChI=1S/C14H19N3OS/c1-3-18-13-7-11(15)6-12(8-13)16-5-4-14-17-10(2)9-19-14/h6-9,16H,3-5,15H2,1-2H3. The number of aryl methyl sites for hydroxylation is 1. The van der Waals surface area contributed by atoms with Gasteiger partial charge in [-0.2, -0.15) is 0 Å². The van der Waals surface area contributed by atoms with Crippen molar-refractivity contribution in [1.29, 1.82) is 0 Å². The number of thiazole rings is 1. The molecule has 0 aliphatic heterocycles. The van der Waals surface area contributed by atoms with Gasteiger partial charge in [-0.1, -0.05) is 0 Å². The second kappa shape index (κ2) is 6.43. The Morgan fingerprint density at radius 1 is 1.37 bits per heavy atom. The Labute approximate surface area is 117 Å². The van der Waals surface area contributed by atoms with Gasteiger partial charge in [0.15, 0.2) is 0 Å². The Morgan fingerprint density at radius 2 is 2.21 bits per heavy atom. The minimum absolute atomic E-state index is 0.640. The summed E-state index contributed by atoms with van der Waals surface area (Å²) in [6.07, 6.45) is 0.914. The van der Waals surface area contributed by atoms with Crippen LogP contribution in [-0.4, -0.2) is 18.1 Å². The Morgan fingerprint density at radius 3 is 2.89 bits per heavy atom. The van der Waals surface area contributed by atoms with Gasteiger partial charge in [-0.3, -0.25) is 0 Å². The molecular formula is C14H19N3OS. The lowest BCUT2D eigenvalue weighted by Gasteiger charge is -2.09. The van der Waals surface area contributed by atoms with Crippen LogP contribution in [0.1, 0.15) is 17.6 Å². The van der Waals surface area contributed by atoms with E-state index in [1.807, 2.05) is 32.0 Å². The van der Waals surface area contributed by atoms with Gasteiger partial charge in [0.25, 0.3) is 0 Å². The molecule has 2 rings (SSSR count). The normalized spacial score (nSPS) is 10.4. The Bertz CT molecular complexity index is 539. The van der Waals surface area contributed by atoms with Crippen molar-refractivity contribution in [3.63, 3.8) is 0 Å². The fraction of sp³-hybridized carbons (Fsp3) is 0.357. The predicted molar refractivity (Wildman–Crippen MR) is 81.1 cm³/mol. The zero-order valence-corrected chi connectivity index (χ0v) is 12.1. The first kappa shape index (κ1) is 13.7. The minimum Gasteiger partial charge on any atom is -0.494 e. The largest absolute Gasteiger partial charge is 0.494 e. The van der Waals surface area contributed by atoms with E-state index in [4.69, 9.17) is 10.5 Å². The molecule has 3 N–H and O–H groups in total. The summed E-state index contributed by atoms with van der Waals surface area (Å²) in [5.41, 5.74) is 8.62. The number of ether oxygens (including phenoxy) is 1. The second-order valence-corrected chi connectivity index (χ2v) is 5.23. The van der Waals surface area contributed by atoms with E-state index >= 15 is 0 Å². The number of anilines is 2. The topological polar surface area (TPSA) is 60.2 Å². The number of aromatic nitrogens is 1. The molecule has 0 aliphatic rings. The summed E-state index contributed by atoms with van der Waals surface area (Å²) in [5.74, 6) is 0.801. The molecule has 0 saturated carbocycles. The van der Waals surface area contributed by atoms with E-state index in [1.165, 1.54) is 0 Å². The van der Waals surface area contributed by atoms with Gasteiger partial charge in [0.05, 0.1) is 11.6 Å². The Hall–Kier alpha value is -1.75. The van der Waals surface area contributed by atoms with Gasteiger partial charge < -0.3 is 15.8 Å². The third-order valence-electron chi connectivity index (χ3n) is 2.57. The highest BCUT2D eigenvalue weighted by molar-refractivity contribution is 7.09. The lowest BCUT2D eigenvalue weighted by atomic mass is 10.2. The molecule has 5 heteroatoms. The fourth-order valence-electron chi connectivity index (χ4n) is 1.81. The second-order valence-electron chi connectivity index (χ2n) is 4.28. The number of hydrogen-bond donors (Lipinski definition) is 2. The number of nitrogens with zero attached hydrogens (tertiary/aromatic N) is 1. The van der Waals surface area contributed by atoms with Crippen LogP contribution in [0, 0.1) is 6.92 Å². The van der Waals surface area contributed by atoms with Crippen molar-refractivity contribution in [3.8, 4) is 5.75 Å². The van der Waals surface area contributed by atoms with Crippen molar-refractivity contribution in [3.05, 3.63) is 34.3 Å². The number of rotatable bonds is 6. The molecule has 1 aromatic carbocycles. The molecule has 0 radical (unpaired) electrons. The number of benzene rings is 1. The van der Waals surface area contributed by atoms with E-state index < -0.39 is 0 Å². The van der Waals surface area contributed by atoms with Crippen LogP contribution in [0.15, 0.2) is 23.6 Å². The zero-order valence-electron chi connectivity index (χ0n) is 11.3. The van der Waals surface area contributed by atoms with Crippen molar-refractivity contribution in [2.24, 2.45) is 0 Å². The van der Waals surface area contributed by atoms with E-state index in [2.05, 4.69) is 15.7 Å². The molecule has 1 heterocycles. The van der Waals surface area contributed by atoms with Crippen molar-refractivity contribution in [2.45, 2.75) is 20.3 Å². The summed E-state index contributed by atoms with van der Waals surface area (Å²) in [6, 6.07) is 5.71. The van der Waals surface area contributed by atoms with Crippen LogP contribution < -0.4 is 15.8 Å². The molecule has 102 valence electrons. The lowest BCUT2D eigenvalue weighted by molar-refractivity contribution is 0.340. The van der Waals surface area contributed by atoms with Crippen LogP contribution in [0.2, 0.25) is 0 Å². The van der Waals surface area contributed by atoms with E-state index in [0.717, 1.165) is 35.1 Å². The summed E-state index contributed by atoms with van der Waals surface area (Å²) in [4.78, 5) is 4.44. The highest BCUT2D eigenvalue weighted by atomic mass is 32.1. The first-order chi connectivity index (χ1) is 9.17. The van der Waals surface area contributed by atoms with Gasteiger partial charge >= 0.3 is 0 Å². The number of nitrogens with two attached hydrogens (primary N) is 1. The maximum absolute atomic E-state index is 5.85. The highest BCUT2D eigenvalue weighted by Gasteiger charge is 2.01. The molecular weight excluding hydrogens is 258 g/mol. The summed E-state index contributed by atoms with van der Waals surface area (Å²) >= 11 is 1.70. The lowest BCUT2D eigenvalue weighted by Crippen LogP contribution is -2.05. The van der Waals surface area contributed by atoms with Gasteiger partial charge in [-0.15, -0.1) is 11.3 Å². The third-order valence-corrected chi connectivity index (χ3v) is 3.60. The van der Waals surface area contributed by atoms with E-state index in [1.54, 1.807) is 11.3 Å². The van der Waals surface area contributed by atoms with Crippen LogP contribution in [0.3, 0.4) is 0 Å². The van der Waals surface area contributed by atoms with Crippen molar-refractivity contribution < 1.29 is 4.74 Å². The first-order valence-electron chi connectivity index (χ1n) is 6.35. The van der Waals surface area contributed by atoms with Crippen LogP contribution in [-0.2, 0) is 6.42 Å². The van der Waals surface area contributed by atoms with Crippen LogP contribution in [0.25, 0.3) is 0 Å². The summed E-state index contributed by atoms with van der Waals surface area (Å²) in [7, 11) is 0. The monoisotopic (exact) mass is 277 g/mol. The van der Waals surface area contributed by atoms with Gasteiger partial charge in [0.2, 0.25) is 0 Å². The smallest absolute Gasteiger partial charge is 0.123 e. The molecule has 19 heavy (non-hydrogen) atoms. The SMILES string of the molecule is CCOc1cc(N)cc(NCCc2nc(C)cs2)c1. The van der Waals surface area contributed by atoms with Crippen LogP contribution >= 0.6 is 11.3 Å². The van der Waals surface area contributed by atoms with E-state index in [-0.39, 0.29) is 0 Å². The zero-order chi connectivity index (χ0) is 13.7. The first-order valence-corrected chi connectivity index (χ1v) is 7.23. The molecule has 0 saturated heterocycles. The molecule has 0 spiro atoms. The van der Waals surface area contributed by atoms with E-state index in [0.29, 0.717) is 12.3 Å². The molecule has 0 bridgehead atoms. The van der Waals surface area contributed by atoms with Gasteiger partial charge in [-0.25, -0.2) is 4.98 Å². The van der Waals surface area contributed by atoms with Crippen LogP contribution in [0.4, 0.5) is 11.4 Å². The maximum atomic E-state index is 5.85. The van der Waals surface area contributed by atoms with Crippen molar-refractivity contribution in [2.75, 3.05) is 24.2 Å². The highest BCUT2D eigenvalue weighted by Crippen LogP contribution is 2.22. The van der Waals surface area contributed by atoms with Crippen molar-refractivity contribution >= 4 is 22.7 Å². The molecule has 0 amide bonds. The Kier molecular flexibility index (Phi) is 4.63. The molecule has 2 aromatic rings. The van der Waals surface area contributed by atoms with Gasteiger partial charge in [0, 0.05) is 47.5 Å². The van der Waals surface area contributed by atoms with Crippen molar-refractivity contribution in [1.82, 2.24) is 4.98 Å². The molecule has 0 atom stereocenters. The summed E-state index contributed by atoms with van der Waals surface area (Å²) in [5, 5.41) is 6.57. The number of nitrogens with one attached hydrogen (secondary N) is 1. The predicted octanol–water partition coefficient (Wildman–Crippen LogP) is 3.09. The maximum Gasteiger partial charge on any atom is 0.123 e. The quantitative estimate of drug-likeness (QED) is 0.797. The fourth-order valence-corrected chi connectivity index (χ4v) is 2.58. The number of hydrogen-bond acceptors (Lipinski definition) is 5. The molecule has 0 fully saturated rings. The molecule has 1 aromatic heterocycles. The van der Waals surface area contributed by atoms with E-state index in [9.17, 15) is 0 Å². The summed E-state index contributed by atoms with van der Waals surface area (Å²) < 4.78 is 5.46. The molecule has 4 nitrogen and oxygen atoms in total.